The van der Waals surface area contributed by atoms with E-state index < -0.39 is 11.5 Å². The van der Waals surface area contributed by atoms with Crippen LogP contribution < -0.4 is 5.32 Å². The van der Waals surface area contributed by atoms with Crippen molar-refractivity contribution in [1.29, 1.82) is 0 Å². The van der Waals surface area contributed by atoms with Gasteiger partial charge in [0, 0.05) is 5.69 Å². The fraction of sp³-hybridized carbons (Fsp3) is 0.562. The number of carbonyl (C=O) groups is 2. The van der Waals surface area contributed by atoms with Gasteiger partial charge in [0.2, 0.25) is 0 Å². The summed E-state index contributed by atoms with van der Waals surface area (Å²) >= 11 is 0. The van der Waals surface area contributed by atoms with Crippen LogP contribution in [0, 0.1) is 13.8 Å². The number of amides is 1. The Labute approximate surface area is 124 Å². The van der Waals surface area contributed by atoms with Crippen LogP contribution in [0.3, 0.4) is 0 Å². The molecule has 1 aromatic heterocycles. The second-order valence-electron chi connectivity index (χ2n) is 5.84. The van der Waals surface area contributed by atoms with Crippen LogP contribution in [0.5, 0.6) is 0 Å². The first-order valence-corrected chi connectivity index (χ1v) is 7.45. The molecule has 0 atom stereocenters. The Hall–Kier alpha value is -1.91. The summed E-state index contributed by atoms with van der Waals surface area (Å²) in [5, 5.41) is 12.4. The van der Waals surface area contributed by atoms with Gasteiger partial charge in [0.1, 0.15) is 5.54 Å². The van der Waals surface area contributed by atoms with Gasteiger partial charge in [-0.15, -0.1) is 0 Å². The number of aliphatic carboxylic acids is 1. The molecule has 0 spiro atoms. The number of nitrogens with zero attached hydrogens (tertiary/aromatic N) is 1. The zero-order valence-corrected chi connectivity index (χ0v) is 12.6. The zero-order valence-electron chi connectivity index (χ0n) is 12.6. The van der Waals surface area contributed by atoms with Gasteiger partial charge in [-0.05, 0) is 38.8 Å². The van der Waals surface area contributed by atoms with Crippen LogP contribution in [0.2, 0.25) is 0 Å². The average molecular weight is 290 g/mol. The molecule has 1 fully saturated rings. The van der Waals surface area contributed by atoms with Gasteiger partial charge in [-0.3, -0.25) is 9.78 Å². The van der Waals surface area contributed by atoms with Crippen LogP contribution in [0.4, 0.5) is 0 Å². The maximum Gasteiger partial charge on any atom is 0.329 e. The van der Waals surface area contributed by atoms with Crippen molar-refractivity contribution in [2.24, 2.45) is 0 Å². The van der Waals surface area contributed by atoms with Gasteiger partial charge in [0.05, 0.1) is 11.3 Å². The lowest BCUT2D eigenvalue weighted by Crippen LogP contribution is -2.54. The van der Waals surface area contributed by atoms with Crippen molar-refractivity contribution in [3.63, 3.8) is 0 Å². The molecule has 1 aliphatic rings. The molecule has 1 aliphatic carbocycles. The van der Waals surface area contributed by atoms with Crippen LogP contribution in [0.15, 0.2) is 12.1 Å². The zero-order chi connectivity index (χ0) is 15.5. The summed E-state index contributed by atoms with van der Waals surface area (Å²) in [5.74, 6) is -1.28. The topological polar surface area (TPSA) is 79.3 Å². The molecule has 0 radical (unpaired) electrons. The molecule has 0 bridgehead atoms. The highest BCUT2D eigenvalue weighted by Gasteiger charge is 2.40. The lowest BCUT2D eigenvalue weighted by atomic mass is 9.89. The van der Waals surface area contributed by atoms with E-state index in [4.69, 9.17) is 0 Å². The van der Waals surface area contributed by atoms with Crippen LogP contribution in [0.25, 0.3) is 0 Å². The first-order chi connectivity index (χ1) is 9.94. The number of aryl methyl sites for hydroxylation is 2. The van der Waals surface area contributed by atoms with Gasteiger partial charge < -0.3 is 10.4 Å². The highest BCUT2D eigenvalue weighted by molar-refractivity contribution is 5.98. The second kappa shape index (κ2) is 6.24. The molecule has 0 aromatic carbocycles. The van der Waals surface area contributed by atoms with Gasteiger partial charge in [-0.1, -0.05) is 25.7 Å². The van der Waals surface area contributed by atoms with E-state index in [1.165, 1.54) is 0 Å². The smallest absolute Gasteiger partial charge is 0.329 e. The number of hydrogen-bond donors (Lipinski definition) is 2. The van der Waals surface area contributed by atoms with Gasteiger partial charge >= 0.3 is 5.97 Å². The van der Waals surface area contributed by atoms with E-state index >= 15 is 0 Å². The Morgan fingerprint density at radius 3 is 2.29 bits per heavy atom. The molecule has 21 heavy (non-hydrogen) atoms. The van der Waals surface area contributed by atoms with E-state index in [2.05, 4.69) is 10.3 Å². The molecule has 2 rings (SSSR count). The maximum absolute atomic E-state index is 12.5. The highest BCUT2D eigenvalue weighted by Crippen LogP contribution is 2.28. The van der Waals surface area contributed by atoms with E-state index in [9.17, 15) is 14.7 Å². The third-order valence-corrected chi connectivity index (χ3v) is 4.19. The average Bonchev–Trinajstić information content (AvgIpc) is 2.65. The molecule has 2 N–H and O–H groups in total. The highest BCUT2D eigenvalue weighted by atomic mass is 16.4. The number of aromatic nitrogens is 1. The number of hydrogen-bond acceptors (Lipinski definition) is 3. The minimum absolute atomic E-state index is 0.343. The summed E-state index contributed by atoms with van der Waals surface area (Å²) < 4.78 is 0. The maximum atomic E-state index is 12.5. The SMILES string of the molecule is Cc1ccc(C(=O)NC2(C(=O)O)CCCCCC2)c(C)n1. The van der Waals surface area contributed by atoms with Crippen LogP contribution in [-0.2, 0) is 4.79 Å². The van der Waals surface area contributed by atoms with Crippen molar-refractivity contribution in [3.05, 3.63) is 29.1 Å². The van der Waals surface area contributed by atoms with Crippen molar-refractivity contribution in [1.82, 2.24) is 10.3 Å². The van der Waals surface area contributed by atoms with E-state index in [1.807, 2.05) is 6.92 Å². The molecule has 0 aliphatic heterocycles. The van der Waals surface area contributed by atoms with Gasteiger partial charge in [0.15, 0.2) is 0 Å². The molecular formula is C16H22N2O3. The molecule has 0 unspecified atom stereocenters. The predicted octanol–water partition coefficient (Wildman–Crippen LogP) is 2.61. The monoisotopic (exact) mass is 290 g/mol. The number of carboxylic acids is 1. The third-order valence-electron chi connectivity index (χ3n) is 4.19. The summed E-state index contributed by atoms with van der Waals surface area (Å²) in [6.45, 7) is 3.63. The number of pyridine rings is 1. The lowest BCUT2D eigenvalue weighted by Gasteiger charge is -2.29. The molecule has 1 aromatic rings. The normalized spacial score (nSPS) is 17.8. The van der Waals surface area contributed by atoms with Gasteiger partial charge in [-0.25, -0.2) is 4.79 Å². The first-order valence-electron chi connectivity index (χ1n) is 7.45. The van der Waals surface area contributed by atoms with Crippen molar-refractivity contribution >= 4 is 11.9 Å². The van der Waals surface area contributed by atoms with Crippen molar-refractivity contribution in [3.8, 4) is 0 Å². The molecule has 1 amide bonds. The predicted molar refractivity (Wildman–Crippen MR) is 79.2 cm³/mol. The first kappa shape index (κ1) is 15.5. The summed E-state index contributed by atoms with van der Waals surface area (Å²) in [4.78, 5) is 28.4. The third kappa shape index (κ3) is 3.40. The van der Waals surface area contributed by atoms with Crippen molar-refractivity contribution in [2.45, 2.75) is 57.9 Å². The van der Waals surface area contributed by atoms with Crippen LogP contribution in [0.1, 0.15) is 60.3 Å². The number of rotatable bonds is 3. The van der Waals surface area contributed by atoms with E-state index in [0.29, 0.717) is 24.1 Å². The Balaban J connectivity index is 2.24. The fourth-order valence-corrected chi connectivity index (χ4v) is 2.94. The van der Waals surface area contributed by atoms with Gasteiger partial charge in [0.25, 0.3) is 5.91 Å². The van der Waals surface area contributed by atoms with E-state index in [0.717, 1.165) is 31.4 Å². The summed E-state index contributed by atoms with van der Waals surface area (Å²) in [6.07, 6.45) is 4.69. The Bertz CT molecular complexity index is 546. The standard InChI is InChI=1S/C16H22N2O3/c1-11-7-8-13(12(2)17-11)14(19)18-16(15(20)21)9-5-3-4-6-10-16/h7-8H,3-6,9-10H2,1-2H3,(H,18,19)(H,20,21). The fourth-order valence-electron chi connectivity index (χ4n) is 2.94. The van der Waals surface area contributed by atoms with E-state index in [1.54, 1.807) is 19.1 Å². The molecule has 5 nitrogen and oxygen atoms in total. The lowest BCUT2D eigenvalue weighted by molar-refractivity contribution is -0.145. The summed E-state index contributed by atoms with van der Waals surface area (Å²) in [7, 11) is 0. The van der Waals surface area contributed by atoms with Crippen LogP contribution >= 0.6 is 0 Å². The number of nitrogens with one attached hydrogen (secondary N) is 1. The Morgan fingerprint density at radius 1 is 1.14 bits per heavy atom. The molecule has 5 heteroatoms. The summed E-state index contributed by atoms with van der Waals surface area (Å²) in [5.41, 5.74) is 0.781. The van der Waals surface area contributed by atoms with Crippen molar-refractivity contribution in [2.75, 3.05) is 0 Å². The van der Waals surface area contributed by atoms with E-state index in [-0.39, 0.29) is 5.91 Å². The molecule has 1 saturated carbocycles. The molecule has 0 saturated heterocycles. The second-order valence-corrected chi connectivity index (χ2v) is 5.84. The van der Waals surface area contributed by atoms with Crippen molar-refractivity contribution < 1.29 is 14.7 Å². The minimum atomic E-state index is -1.13. The Kier molecular flexibility index (Phi) is 4.60. The number of carboxylic acid groups (broad SMARTS) is 1. The summed E-state index contributed by atoms with van der Waals surface area (Å²) in [6, 6.07) is 3.47. The largest absolute Gasteiger partial charge is 0.480 e. The van der Waals surface area contributed by atoms with Gasteiger partial charge in [-0.2, -0.15) is 0 Å². The molecule has 114 valence electrons. The quantitative estimate of drug-likeness (QED) is 0.839. The van der Waals surface area contributed by atoms with Crippen LogP contribution in [-0.4, -0.2) is 27.5 Å². The molecular weight excluding hydrogens is 268 g/mol. The molecule has 1 heterocycles. The minimum Gasteiger partial charge on any atom is -0.480 e. The number of carbonyl (C=O) groups excluding carboxylic acids is 1. The Morgan fingerprint density at radius 2 is 1.76 bits per heavy atom.